The van der Waals surface area contributed by atoms with Crippen LogP contribution in [0.15, 0.2) is 0 Å². The van der Waals surface area contributed by atoms with Gasteiger partial charge in [0.2, 0.25) is 0 Å². The lowest BCUT2D eigenvalue weighted by Gasteiger charge is -2.19. The van der Waals surface area contributed by atoms with E-state index in [0.29, 0.717) is 0 Å². The molecule has 3 heteroatoms. The molecule has 0 aromatic carbocycles. The minimum atomic E-state index is -0.0765. The van der Waals surface area contributed by atoms with Crippen LogP contribution < -0.4 is 0 Å². The number of hydrogen-bond acceptors (Lipinski definition) is 3. The fourth-order valence-electron chi connectivity index (χ4n) is 0.774. The molecule has 0 N–H and O–H groups in total. The summed E-state index contributed by atoms with van der Waals surface area (Å²) in [4.78, 5) is 0. The molecule has 0 aromatic heterocycles. The lowest BCUT2D eigenvalue weighted by molar-refractivity contribution is -0.151. The second kappa shape index (κ2) is 7.90. The SMILES string of the molecule is CCCOC(CC)OC(S)CC. The number of ether oxygens (including phenoxy) is 2. The Morgan fingerprint density at radius 1 is 1.17 bits per heavy atom. The molecule has 12 heavy (non-hydrogen) atoms. The van der Waals surface area contributed by atoms with Gasteiger partial charge in [-0.25, -0.2) is 0 Å². The molecule has 74 valence electrons. The molecule has 0 fully saturated rings. The summed E-state index contributed by atoms with van der Waals surface area (Å²) in [5.74, 6) is 0. The molecular formula is C9H20O2S. The Morgan fingerprint density at radius 2 is 1.83 bits per heavy atom. The topological polar surface area (TPSA) is 18.5 Å². The van der Waals surface area contributed by atoms with Crippen LogP contribution in [0.2, 0.25) is 0 Å². The first-order chi connectivity index (χ1) is 5.74. The van der Waals surface area contributed by atoms with Gasteiger partial charge in [-0.3, -0.25) is 0 Å². The monoisotopic (exact) mass is 192 g/mol. The summed E-state index contributed by atoms with van der Waals surface area (Å²) < 4.78 is 10.9. The Bertz CT molecular complexity index is 98.5. The van der Waals surface area contributed by atoms with E-state index < -0.39 is 0 Å². The predicted molar refractivity (Wildman–Crippen MR) is 54.5 cm³/mol. The van der Waals surface area contributed by atoms with Crippen molar-refractivity contribution >= 4 is 12.6 Å². The Kier molecular flexibility index (Phi) is 8.07. The average Bonchev–Trinajstić information content (AvgIpc) is 2.11. The smallest absolute Gasteiger partial charge is 0.158 e. The molecule has 2 nitrogen and oxygen atoms in total. The van der Waals surface area contributed by atoms with E-state index in [1.807, 2.05) is 6.92 Å². The minimum Gasteiger partial charge on any atom is -0.353 e. The van der Waals surface area contributed by atoms with Crippen molar-refractivity contribution in [3.05, 3.63) is 0 Å². The molecule has 0 aromatic rings. The molecule has 0 aliphatic carbocycles. The third kappa shape index (κ3) is 5.86. The maximum absolute atomic E-state index is 5.49. The van der Waals surface area contributed by atoms with Gasteiger partial charge in [0.15, 0.2) is 6.29 Å². The van der Waals surface area contributed by atoms with Crippen LogP contribution in [0.3, 0.4) is 0 Å². The lowest BCUT2D eigenvalue weighted by Crippen LogP contribution is -2.20. The fraction of sp³-hybridized carbons (Fsp3) is 1.00. The summed E-state index contributed by atoms with van der Waals surface area (Å²) in [5, 5.41) is 0. The van der Waals surface area contributed by atoms with Crippen LogP contribution in [-0.2, 0) is 9.47 Å². The number of thiol groups is 1. The third-order valence-corrected chi connectivity index (χ3v) is 1.99. The van der Waals surface area contributed by atoms with Crippen molar-refractivity contribution in [3.63, 3.8) is 0 Å². The van der Waals surface area contributed by atoms with Gasteiger partial charge in [-0.2, -0.15) is 0 Å². The van der Waals surface area contributed by atoms with Gasteiger partial charge in [0.1, 0.15) is 5.44 Å². The van der Waals surface area contributed by atoms with Crippen LogP contribution >= 0.6 is 12.6 Å². The van der Waals surface area contributed by atoms with Gasteiger partial charge in [-0.1, -0.05) is 20.8 Å². The zero-order valence-electron chi connectivity index (χ0n) is 8.25. The molecule has 0 radical (unpaired) electrons. The highest BCUT2D eigenvalue weighted by molar-refractivity contribution is 7.80. The molecule has 0 aliphatic rings. The summed E-state index contributed by atoms with van der Waals surface area (Å²) in [7, 11) is 0. The second-order valence-electron chi connectivity index (χ2n) is 2.71. The summed E-state index contributed by atoms with van der Waals surface area (Å²) in [5.41, 5.74) is 0.00630. The second-order valence-corrected chi connectivity index (χ2v) is 3.28. The minimum absolute atomic E-state index is 0.00630. The lowest BCUT2D eigenvalue weighted by atomic mass is 10.4. The van der Waals surface area contributed by atoms with E-state index in [0.717, 1.165) is 25.9 Å². The molecular weight excluding hydrogens is 172 g/mol. The van der Waals surface area contributed by atoms with Crippen molar-refractivity contribution in [2.24, 2.45) is 0 Å². The molecule has 0 rings (SSSR count). The highest BCUT2D eigenvalue weighted by Crippen LogP contribution is 2.10. The van der Waals surface area contributed by atoms with Gasteiger partial charge in [-0.05, 0) is 19.3 Å². The maximum Gasteiger partial charge on any atom is 0.158 e. The first kappa shape index (κ1) is 12.3. The zero-order chi connectivity index (χ0) is 9.40. The molecule has 0 spiro atoms. The van der Waals surface area contributed by atoms with Crippen LogP contribution in [-0.4, -0.2) is 18.3 Å². The van der Waals surface area contributed by atoms with Crippen LogP contribution in [0.25, 0.3) is 0 Å². The van der Waals surface area contributed by atoms with Crippen molar-refractivity contribution in [1.29, 1.82) is 0 Å². The van der Waals surface area contributed by atoms with Gasteiger partial charge in [-0.15, -0.1) is 12.6 Å². The van der Waals surface area contributed by atoms with Crippen LogP contribution in [0, 0.1) is 0 Å². The van der Waals surface area contributed by atoms with E-state index in [2.05, 4.69) is 26.5 Å². The first-order valence-electron chi connectivity index (χ1n) is 4.69. The van der Waals surface area contributed by atoms with E-state index in [1.165, 1.54) is 0 Å². The molecule has 0 aliphatic heterocycles. The Labute approximate surface area is 81.0 Å². The van der Waals surface area contributed by atoms with Gasteiger partial charge in [0, 0.05) is 6.61 Å². The molecule has 0 heterocycles. The summed E-state index contributed by atoms with van der Waals surface area (Å²) in [6, 6.07) is 0. The fourth-order valence-corrected chi connectivity index (χ4v) is 0.910. The summed E-state index contributed by atoms with van der Waals surface area (Å²) in [6.45, 7) is 6.95. The van der Waals surface area contributed by atoms with Crippen molar-refractivity contribution in [3.8, 4) is 0 Å². The standard InChI is InChI=1S/C9H20O2S/c1-4-7-10-8(5-2)11-9(12)6-3/h8-9,12H,4-7H2,1-3H3. The summed E-state index contributed by atoms with van der Waals surface area (Å²) in [6.07, 6.45) is 2.75. The maximum atomic E-state index is 5.49. The molecule has 2 atom stereocenters. The van der Waals surface area contributed by atoms with E-state index in [-0.39, 0.29) is 11.7 Å². The Morgan fingerprint density at radius 3 is 2.25 bits per heavy atom. The molecule has 2 unspecified atom stereocenters. The third-order valence-electron chi connectivity index (χ3n) is 1.50. The van der Waals surface area contributed by atoms with Crippen LogP contribution in [0.4, 0.5) is 0 Å². The normalized spacial score (nSPS) is 16.0. The van der Waals surface area contributed by atoms with Crippen molar-refractivity contribution < 1.29 is 9.47 Å². The predicted octanol–water partition coefficient (Wildman–Crippen LogP) is 2.83. The molecule has 0 bridgehead atoms. The average molecular weight is 192 g/mol. The van der Waals surface area contributed by atoms with Crippen molar-refractivity contribution in [2.45, 2.75) is 51.8 Å². The van der Waals surface area contributed by atoms with E-state index in [4.69, 9.17) is 9.47 Å². The van der Waals surface area contributed by atoms with Gasteiger partial charge < -0.3 is 9.47 Å². The first-order valence-corrected chi connectivity index (χ1v) is 5.21. The van der Waals surface area contributed by atoms with E-state index >= 15 is 0 Å². The van der Waals surface area contributed by atoms with Gasteiger partial charge >= 0.3 is 0 Å². The number of rotatable bonds is 7. The zero-order valence-corrected chi connectivity index (χ0v) is 9.14. The molecule has 0 saturated heterocycles. The van der Waals surface area contributed by atoms with Crippen LogP contribution in [0.5, 0.6) is 0 Å². The quantitative estimate of drug-likeness (QED) is 0.494. The molecule has 0 saturated carbocycles. The van der Waals surface area contributed by atoms with E-state index in [9.17, 15) is 0 Å². The summed E-state index contributed by atoms with van der Waals surface area (Å²) >= 11 is 4.24. The Hall–Kier alpha value is 0.270. The van der Waals surface area contributed by atoms with Crippen molar-refractivity contribution in [2.75, 3.05) is 6.61 Å². The van der Waals surface area contributed by atoms with E-state index in [1.54, 1.807) is 0 Å². The Balaban J connectivity index is 3.51. The number of hydrogen-bond donors (Lipinski definition) is 1. The molecule has 0 amide bonds. The largest absolute Gasteiger partial charge is 0.353 e. The van der Waals surface area contributed by atoms with Gasteiger partial charge in [0.05, 0.1) is 0 Å². The van der Waals surface area contributed by atoms with Gasteiger partial charge in [0.25, 0.3) is 0 Å². The highest BCUT2D eigenvalue weighted by atomic mass is 32.1. The van der Waals surface area contributed by atoms with Crippen LogP contribution in [0.1, 0.15) is 40.0 Å². The van der Waals surface area contributed by atoms with Crippen molar-refractivity contribution in [1.82, 2.24) is 0 Å². The highest BCUT2D eigenvalue weighted by Gasteiger charge is 2.09.